The minimum atomic E-state index is -0.492. The maximum absolute atomic E-state index is 13.7. The van der Waals surface area contributed by atoms with Gasteiger partial charge in [-0.15, -0.1) is 0 Å². The van der Waals surface area contributed by atoms with Gasteiger partial charge in [0.2, 0.25) is 5.91 Å². The fraction of sp³-hybridized carbons (Fsp3) is 0.188. The Bertz CT molecular complexity index is 735. The quantitative estimate of drug-likeness (QED) is 0.586. The minimum Gasteiger partial charge on any atom is -0.341 e. The Morgan fingerprint density at radius 1 is 1.26 bits per heavy atom. The summed E-state index contributed by atoms with van der Waals surface area (Å²) < 4.78 is 14.5. The van der Waals surface area contributed by atoms with E-state index in [-0.39, 0.29) is 30.4 Å². The molecule has 0 spiro atoms. The largest absolute Gasteiger partial charge is 0.341 e. The summed E-state index contributed by atoms with van der Waals surface area (Å²) in [5.74, 6) is -0.568. The smallest absolute Gasteiger partial charge is 0.269 e. The second kappa shape index (κ2) is 7.32. The maximum Gasteiger partial charge on any atom is 0.269 e. The number of hydrogen-bond donors (Lipinski definition) is 0. The molecule has 0 fully saturated rings. The van der Waals surface area contributed by atoms with Crippen LogP contribution in [0.25, 0.3) is 0 Å². The molecule has 5 nitrogen and oxygen atoms in total. The highest BCUT2D eigenvalue weighted by molar-refractivity contribution is 9.10. The van der Waals surface area contributed by atoms with Gasteiger partial charge in [-0.25, -0.2) is 4.39 Å². The van der Waals surface area contributed by atoms with E-state index < -0.39 is 4.92 Å². The zero-order valence-corrected chi connectivity index (χ0v) is 13.9. The molecule has 0 saturated heterocycles. The van der Waals surface area contributed by atoms with E-state index in [1.54, 1.807) is 31.3 Å². The first-order chi connectivity index (χ1) is 10.9. The molecular formula is C16H14BrFN2O3. The van der Waals surface area contributed by atoms with E-state index in [1.807, 2.05) is 0 Å². The van der Waals surface area contributed by atoms with Crippen molar-refractivity contribution in [3.05, 3.63) is 74.0 Å². The predicted molar refractivity (Wildman–Crippen MR) is 87.4 cm³/mol. The molecule has 0 aliphatic heterocycles. The van der Waals surface area contributed by atoms with E-state index in [9.17, 15) is 19.3 Å². The zero-order chi connectivity index (χ0) is 17.0. The topological polar surface area (TPSA) is 63.5 Å². The summed E-state index contributed by atoms with van der Waals surface area (Å²) in [5, 5.41) is 10.6. The first-order valence-electron chi connectivity index (χ1n) is 6.78. The lowest BCUT2D eigenvalue weighted by molar-refractivity contribution is -0.384. The highest BCUT2D eigenvalue weighted by Crippen LogP contribution is 2.18. The van der Waals surface area contributed by atoms with Crippen LogP contribution in [0.5, 0.6) is 0 Å². The van der Waals surface area contributed by atoms with Crippen molar-refractivity contribution in [1.82, 2.24) is 4.90 Å². The number of halogens is 2. The molecule has 0 radical (unpaired) electrons. The molecule has 2 aromatic carbocycles. The van der Waals surface area contributed by atoms with E-state index in [1.165, 1.54) is 23.1 Å². The van der Waals surface area contributed by atoms with E-state index in [0.717, 1.165) is 4.47 Å². The summed E-state index contributed by atoms with van der Waals surface area (Å²) in [6.07, 6.45) is 0.101. The lowest BCUT2D eigenvalue weighted by atomic mass is 10.1. The molecule has 2 rings (SSSR count). The average molecular weight is 381 g/mol. The average Bonchev–Trinajstić information content (AvgIpc) is 2.51. The molecule has 0 N–H and O–H groups in total. The van der Waals surface area contributed by atoms with Crippen LogP contribution in [0, 0.1) is 15.9 Å². The number of likely N-dealkylation sites (N-methyl/N-ethyl adjacent to an activating group) is 1. The SMILES string of the molecule is CN(Cc1cc(Br)ccc1F)C(=O)Cc1ccc([N+](=O)[O-])cc1. The third-order valence-electron chi connectivity index (χ3n) is 3.34. The van der Waals surface area contributed by atoms with Crippen LogP contribution < -0.4 is 0 Å². The number of non-ortho nitro benzene ring substituents is 1. The van der Waals surface area contributed by atoms with Crippen molar-refractivity contribution in [1.29, 1.82) is 0 Å². The van der Waals surface area contributed by atoms with Crippen LogP contribution in [-0.2, 0) is 17.8 Å². The van der Waals surface area contributed by atoms with Crippen LogP contribution >= 0.6 is 15.9 Å². The van der Waals surface area contributed by atoms with Crippen molar-refractivity contribution >= 4 is 27.5 Å². The molecular weight excluding hydrogens is 367 g/mol. The fourth-order valence-corrected chi connectivity index (χ4v) is 2.46. The molecule has 0 aliphatic carbocycles. The van der Waals surface area contributed by atoms with Crippen molar-refractivity contribution in [2.45, 2.75) is 13.0 Å². The number of nitrogens with zero attached hydrogens (tertiary/aromatic N) is 2. The van der Waals surface area contributed by atoms with Crippen molar-refractivity contribution in [3.8, 4) is 0 Å². The Hall–Kier alpha value is -2.28. The van der Waals surface area contributed by atoms with Crippen LogP contribution in [0.4, 0.5) is 10.1 Å². The van der Waals surface area contributed by atoms with E-state index in [0.29, 0.717) is 11.1 Å². The molecule has 0 bridgehead atoms. The molecule has 7 heteroatoms. The molecule has 120 valence electrons. The summed E-state index contributed by atoms with van der Waals surface area (Å²) in [6, 6.07) is 10.4. The number of nitro benzene ring substituents is 1. The summed E-state index contributed by atoms with van der Waals surface area (Å²) in [7, 11) is 1.59. The van der Waals surface area contributed by atoms with Crippen LogP contribution in [-0.4, -0.2) is 22.8 Å². The van der Waals surface area contributed by atoms with Gasteiger partial charge in [-0.3, -0.25) is 14.9 Å². The number of hydrogen-bond acceptors (Lipinski definition) is 3. The fourth-order valence-electron chi connectivity index (χ4n) is 2.05. The van der Waals surface area contributed by atoms with Crippen molar-refractivity contribution < 1.29 is 14.1 Å². The monoisotopic (exact) mass is 380 g/mol. The number of nitro groups is 1. The molecule has 0 unspecified atom stereocenters. The first kappa shape index (κ1) is 17.1. The Labute approximate surface area is 141 Å². The Kier molecular flexibility index (Phi) is 5.44. The molecule has 0 heterocycles. The van der Waals surface area contributed by atoms with E-state index in [2.05, 4.69) is 15.9 Å². The van der Waals surface area contributed by atoms with Crippen LogP contribution in [0.2, 0.25) is 0 Å². The van der Waals surface area contributed by atoms with E-state index >= 15 is 0 Å². The molecule has 0 saturated carbocycles. The molecule has 1 amide bonds. The Balaban J connectivity index is 2.02. The van der Waals surface area contributed by atoms with Gasteiger partial charge in [0.25, 0.3) is 5.69 Å². The lowest BCUT2D eigenvalue weighted by Crippen LogP contribution is -2.28. The van der Waals surface area contributed by atoms with Crippen molar-refractivity contribution in [3.63, 3.8) is 0 Å². The number of benzene rings is 2. The van der Waals surface area contributed by atoms with Gasteiger partial charge in [0.1, 0.15) is 5.82 Å². The van der Waals surface area contributed by atoms with Crippen molar-refractivity contribution in [2.24, 2.45) is 0 Å². The number of carbonyl (C=O) groups excluding carboxylic acids is 1. The van der Waals surface area contributed by atoms with E-state index in [4.69, 9.17) is 0 Å². The molecule has 0 aliphatic rings. The van der Waals surface area contributed by atoms with Crippen molar-refractivity contribution in [2.75, 3.05) is 7.05 Å². The highest BCUT2D eigenvalue weighted by Gasteiger charge is 2.13. The first-order valence-corrected chi connectivity index (χ1v) is 7.57. The minimum absolute atomic E-state index is 0.0224. The normalized spacial score (nSPS) is 10.4. The lowest BCUT2D eigenvalue weighted by Gasteiger charge is -2.18. The molecule has 0 aromatic heterocycles. The van der Waals surface area contributed by atoms with Gasteiger partial charge in [-0.05, 0) is 23.8 Å². The number of carbonyl (C=O) groups is 1. The molecule has 23 heavy (non-hydrogen) atoms. The van der Waals surface area contributed by atoms with Crippen LogP contribution in [0.15, 0.2) is 46.9 Å². The second-order valence-corrected chi connectivity index (χ2v) is 6.00. The predicted octanol–water partition coefficient (Wildman–Crippen LogP) is 3.70. The second-order valence-electron chi connectivity index (χ2n) is 5.09. The Morgan fingerprint density at radius 3 is 2.52 bits per heavy atom. The molecule has 2 aromatic rings. The standard InChI is InChI=1S/C16H14BrFN2O3/c1-19(10-12-9-13(17)4-7-15(12)18)16(21)8-11-2-5-14(6-3-11)20(22)23/h2-7,9H,8,10H2,1H3. The Morgan fingerprint density at radius 2 is 1.91 bits per heavy atom. The highest BCUT2D eigenvalue weighted by atomic mass is 79.9. The third kappa shape index (κ3) is 4.59. The van der Waals surface area contributed by atoms with Gasteiger partial charge in [-0.1, -0.05) is 28.1 Å². The zero-order valence-electron chi connectivity index (χ0n) is 12.3. The maximum atomic E-state index is 13.7. The molecule has 0 atom stereocenters. The number of rotatable bonds is 5. The summed E-state index contributed by atoms with van der Waals surface area (Å²) in [6.45, 7) is 0.150. The summed E-state index contributed by atoms with van der Waals surface area (Å²) >= 11 is 3.27. The third-order valence-corrected chi connectivity index (χ3v) is 3.84. The van der Waals surface area contributed by atoms with Crippen LogP contribution in [0.1, 0.15) is 11.1 Å². The van der Waals surface area contributed by atoms with Gasteiger partial charge >= 0.3 is 0 Å². The van der Waals surface area contributed by atoms with Gasteiger partial charge in [0.15, 0.2) is 0 Å². The van der Waals surface area contributed by atoms with Gasteiger partial charge in [-0.2, -0.15) is 0 Å². The van der Waals surface area contributed by atoms with Crippen LogP contribution in [0.3, 0.4) is 0 Å². The summed E-state index contributed by atoms with van der Waals surface area (Å²) in [5.41, 5.74) is 1.06. The number of amides is 1. The van der Waals surface area contributed by atoms with Gasteiger partial charge < -0.3 is 4.90 Å². The van der Waals surface area contributed by atoms with Gasteiger partial charge in [0.05, 0.1) is 11.3 Å². The van der Waals surface area contributed by atoms with Gasteiger partial charge in [0, 0.05) is 35.8 Å². The summed E-state index contributed by atoms with van der Waals surface area (Å²) in [4.78, 5) is 23.7.